The fourth-order valence-electron chi connectivity index (χ4n) is 2.72. The molecule has 0 fully saturated rings. The molecule has 0 saturated heterocycles. The van der Waals surface area contributed by atoms with Crippen molar-refractivity contribution < 1.29 is 22.7 Å². The van der Waals surface area contributed by atoms with Gasteiger partial charge in [0, 0.05) is 12.2 Å². The number of hydrogen-bond donors (Lipinski definition) is 0. The lowest BCUT2D eigenvalue weighted by molar-refractivity contribution is -0.185. The van der Waals surface area contributed by atoms with Crippen molar-refractivity contribution >= 4 is 11.6 Å². The van der Waals surface area contributed by atoms with Gasteiger partial charge in [-0.2, -0.15) is 13.2 Å². The van der Waals surface area contributed by atoms with E-state index in [0.717, 1.165) is 24.1 Å². The van der Waals surface area contributed by atoms with Crippen molar-refractivity contribution in [1.82, 2.24) is 0 Å². The number of ether oxygens (including phenoxy) is 1. The minimum atomic E-state index is -4.43. The smallest absolute Gasteiger partial charge is 0.359 e. The minimum Gasteiger partial charge on any atom is -0.359 e. The lowest BCUT2D eigenvalue weighted by atomic mass is 9.94. The van der Waals surface area contributed by atoms with Crippen molar-refractivity contribution in [2.24, 2.45) is 0 Å². The van der Waals surface area contributed by atoms with E-state index in [1.54, 1.807) is 4.90 Å². The molecule has 6 heteroatoms. The number of anilines is 1. The van der Waals surface area contributed by atoms with Gasteiger partial charge in [0.2, 0.25) is 0 Å². The number of alkyl halides is 3. The molecule has 1 aliphatic heterocycles. The zero-order chi connectivity index (χ0) is 17.2. The first-order valence-corrected chi connectivity index (χ1v) is 7.81. The summed E-state index contributed by atoms with van der Waals surface area (Å²) in [4.78, 5) is 14.0. The maximum Gasteiger partial charge on any atom is 0.411 e. The summed E-state index contributed by atoms with van der Waals surface area (Å²) in [6, 6.07) is 5.94. The van der Waals surface area contributed by atoms with Gasteiger partial charge in [0.15, 0.2) is 0 Å². The third kappa shape index (κ3) is 4.47. The number of rotatable bonds is 4. The molecule has 0 spiro atoms. The van der Waals surface area contributed by atoms with E-state index in [1.807, 2.05) is 12.1 Å². The second-order valence-corrected chi connectivity index (χ2v) is 6.20. The molecular weight excluding hydrogens is 307 g/mol. The molecule has 0 aliphatic carbocycles. The van der Waals surface area contributed by atoms with Crippen molar-refractivity contribution in [2.75, 3.05) is 18.1 Å². The van der Waals surface area contributed by atoms with Gasteiger partial charge < -0.3 is 9.64 Å². The number of carbonyl (C=O) groups is 1. The summed E-state index contributed by atoms with van der Waals surface area (Å²) >= 11 is 0. The Morgan fingerprint density at radius 1 is 1.30 bits per heavy atom. The number of halogens is 3. The molecule has 0 N–H and O–H groups in total. The van der Waals surface area contributed by atoms with Crippen LogP contribution in [0.4, 0.5) is 18.9 Å². The Morgan fingerprint density at radius 3 is 2.61 bits per heavy atom. The summed E-state index contributed by atoms with van der Waals surface area (Å²) in [6.07, 6.45) is -3.88. The molecule has 2 rings (SSSR count). The van der Waals surface area contributed by atoms with E-state index in [9.17, 15) is 18.0 Å². The average Bonchev–Trinajstić information content (AvgIpc) is 2.49. The topological polar surface area (TPSA) is 29.5 Å². The first-order chi connectivity index (χ1) is 10.7. The number of hydrogen-bond acceptors (Lipinski definition) is 2. The van der Waals surface area contributed by atoms with E-state index in [1.165, 1.54) is 12.5 Å². The number of carbonyl (C=O) groups excluding carboxylic acids is 1. The summed E-state index contributed by atoms with van der Waals surface area (Å²) in [5.74, 6) is -0.0343. The van der Waals surface area contributed by atoms with Gasteiger partial charge in [0.05, 0.1) is 0 Å². The van der Waals surface area contributed by atoms with E-state index in [2.05, 4.69) is 24.7 Å². The molecule has 0 aromatic heterocycles. The zero-order valence-corrected chi connectivity index (χ0v) is 13.6. The van der Waals surface area contributed by atoms with Gasteiger partial charge in [-0.05, 0) is 42.9 Å². The molecule has 3 nitrogen and oxygen atoms in total. The highest BCUT2D eigenvalue weighted by atomic mass is 19.4. The third-order valence-corrected chi connectivity index (χ3v) is 4.00. The lowest BCUT2D eigenvalue weighted by Gasteiger charge is -2.32. The highest BCUT2D eigenvalue weighted by Gasteiger charge is 2.32. The molecular formula is C17H22F3NO2. The molecule has 1 unspecified atom stereocenters. The van der Waals surface area contributed by atoms with Crippen molar-refractivity contribution in [3.8, 4) is 0 Å². The Hall–Kier alpha value is -1.56. The molecule has 1 aromatic rings. The van der Waals surface area contributed by atoms with Gasteiger partial charge in [0.1, 0.15) is 12.7 Å². The maximum absolute atomic E-state index is 12.4. The Labute approximate surface area is 134 Å². The fraction of sp³-hybridized carbons (Fsp3) is 0.588. The van der Waals surface area contributed by atoms with Crippen molar-refractivity contribution in [3.05, 3.63) is 29.3 Å². The summed E-state index contributed by atoms with van der Waals surface area (Å²) in [7, 11) is 0. The number of fused-ring (bicyclic) bond motifs is 1. The van der Waals surface area contributed by atoms with Crippen LogP contribution in [-0.4, -0.2) is 31.3 Å². The Bertz CT molecular complexity index is 569. The number of aryl methyl sites for hydroxylation is 1. The molecule has 0 saturated carbocycles. The summed E-state index contributed by atoms with van der Waals surface area (Å²) in [6.45, 7) is 4.66. The Morgan fingerprint density at radius 2 is 2.00 bits per heavy atom. The highest BCUT2D eigenvalue weighted by molar-refractivity contribution is 5.97. The summed E-state index contributed by atoms with van der Waals surface area (Å²) < 4.78 is 41.4. The van der Waals surface area contributed by atoms with Gasteiger partial charge in [-0.15, -0.1) is 0 Å². The van der Waals surface area contributed by atoms with Crippen LogP contribution in [0.1, 0.15) is 44.2 Å². The van der Waals surface area contributed by atoms with Crippen LogP contribution in [0.2, 0.25) is 0 Å². The Kier molecular flexibility index (Phi) is 5.34. The van der Waals surface area contributed by atoms with Crippen LogP contribution in [-0.2, 0) is 16.0 Å². The molecule has 0 bridgehead atoms. The predicted molar refractivity (Wildman–Crippen MR) is 82.7 cm³/mol. The Balaban J connectivity index is 2.14. The van der Waals surface area contributed by atoms with Crippen molar-refractivity contribution in [2.45, 2.75) is 51.8 Å². The largest absolute Gasteiger partial charge is 0.411 e. The third-order valence-electron chi connectivity index (χ3n) is 4.00. The average molecular weight is 329 g/mol. The highest BCUT2D eigenvalue weighted by Crippen LogP contribution is 2.31. The van der Waals surface area contributed by atoms with Gasteiger partial charge in [0.25, 0.3) is 5.91 Å². The van der Waals surface area contributed by atoms with Gasteiger partial charge in [-0.1, -0.05) is 26.0 Å². The van der Waals surface area contributed by atoms with Crippen LogP contribution in [0.5, 0.6) is 0 Å². The molecule has 1 aromatic carbocycles. The monoisotopic (exact) mass is 329 g/mol. The SMILES string of the molecule is CC(OCC(F)(F)F)C(=O)N1CCCc2cc(C(C)C)ccc21. The van der Waals surface area contributed by atoms with E-state index < -0.39 is 24.8 Å². The fourth-order valence-corrected chi connectivity index (χ4v) is 2.72. The van der Waals surface area contributed by atoms with Crippen molar-refractivity contribution in [1.29, 1.82) is 0 Å². The zero-order valence-electron chi connectivity index (χ0n) is 13.6. The summed E-state index contributed by atoms with van der Waals surface area (Å²) in [5.41, 5.74) is 3.05. The lowest BCUT2D eigenvalue weighted by Crippen LogP contribution is -2.43. The van der Waals surface area contributed by atoms with Crippen LogP contribution < -0.4 is 4.90 Å². The first-order valence-electron chi connectivity index (χ1n) is 7.81. The first kappa shape index (κ1) is 17.8. The van der Waals surface area contributed by atoms with Crippen LogP contribution >= 0.6 is 0 Å². The molecule has 1 amide bonds. The van der Waals surface area contributed by atoms with E-state index in [0.29, 0.717) is 12.5 Å². The van der Waals surface area contributed by atoms with Crippen LogP contribution in [0.3, 0.4) is 0 Å². The summed E-state index contributed by atoms with van der Waals surface area (Å²) in [5, 5.41) is 0. The predicted octanol–water partition coefficient (Wildman–Crippen LogP) is 4.06. The van der Waals surface area contributed by atoms with Crippen LogP contribution in [0, 0.1) is 0 Å². The van der Waals surface area contributed by atoms with E-state index >= 15 is 0 Å². The van der Waals surface area contributed by atoms with Crippen LogP contribution in [0.25, 0.3) is 0 Å². The minimum absolute atomic E-state index is 0.389. The second-order valence-electron chi connectivity index (χ2n) is 6.20. The van der Waals surface area contributed by atoms with Crippen molar-refractivity contribution in [3.63, 3.8) is 0 Å². The molecule has 1 aliphatic rings. The van der Waals surface area contributed by atoms with E-state index in [-0.39, 0.29) is 0 Å². The maximum atomic E-state index is 12.4. The molecule has 1 heterocycles. The molecule has 1 atom stereocenters. The number of amides is 1. The molecule has 23 heavy (non-hydrogen) atoms. The van der Waals surface area contributed by atoms with Gasteiger partial charge in [-0.25, -0.2) is 0 Å². The quantitative estimate of drug-likeness (QED) is 0.834. The van der Waals surface area contributed by atoms with Crippen LogP contribution in [0.15, 0.2) is 18.2 Å². The normalized spacial score (nSPS) is 16.4. The van der Waals surface area contributed by atoms with Gasteiger partial charge >= 0.3 is 6.18 Å². The van der Waals surface area contributed by atoms with E-state index in [4.69, 9.17) is 0 Å². The van der Waals surface area contributed by atoms with Gasteiger partial charge in [-0.3, -0.25) is 4.79 Å². The standard InChI is InChI=1S/C17H22F3NO2/c1-11(2)13-6-7-15-14(9-13)5-4-8-21(15)16(22)12(3)23-10-17(18,19)20/h6-7,9,11-12H,4-5,8,10H2,1-3H3. The molecule has 0 radical (unpaired) electrons. The number of benzene rings is 1. The molecule has 128 valence electrons. The second kappa shape index (κ2) is 6.91. The number of nitrogens with zero attached hydrogens (tertiary/aromatic N) is 1.